The van der Waals surface area contributed by atoms with E-state index in [1.54, 1.807) is 0 Å². The molecule has 1 aliphatic heterocycles. The molecule has 4 atom stereocenters. The Kier molecular flexibility index (Phi) is 8.46. The number of benzene rings is 4. The zero-order chi connectivity index (χ0) is 34.2. The summed E-state index contributed by atoms with van der Waals surface area (Å²) in [7, 11) is 0. The molecule has 0 radical (unpaired) electrons. The van der Waals surface area contributed by atoms with Gasteiger partial charge in [0.25, 0.3) is 0 Å². The van der Waals surface area contributed by atoms with Crippen LogP contribution in [-0.4, -0.2) is 16.7 Å². The molecule has 1 saturated heterocycles. The Hall–Kier alpha value is -5.60. The molecule has 0 amide bonds. The van der Waals surface area contributed by atoms with Gasteiger partial charge in [0.15, 0.2) is 0 Å². The zero-order valence-electron chi connectivity index (χ0n) is 28.7. The van der Waals surface area contributed by atoms with Gasteiger partial charge in [0, 0.05) is 27.6 Å². The fourth-order valence-corrected chi connectivity index (χ4v) is 9.02. The van der Waals surface area contributed by atoms with E-state index in [9.17, 15) is 0 Å². The molecule has 1 fully saturated rings. The molecule has 246 valence electrons. The molecular formula is C48H44N2. The summed E-state index contributed by atoms with van der Waals surface area (Å²) in [5, 5.41) is 2.49. The van der Waals surface area contributed by atoms with Crippen LogP contribution in [0.25, 0.3) is 49.8 Å². The number of fused-ring (bicyclic) bond motifs is 6. The lowest BCUT2D eigenvalue weighted by atomic mass is 9.77. The van der Waals surface area contributed by atoms with Crippen LogP contribution in [-0.2, 0) is 0 Å². The van der Waals surface area contributed by atoms with Crippen molar-refractivity contribution in [3.05, 3.63) is 183 Å². The minimum atomic E-state index is 0.439. The molecule has 0 bridgehead atoms. The molecule has 0 spiro atoms. The first-order valence-corrected chi connectivity index (χ1v) is 18.0. The first-order valence-electron chi connectivity index (χ1n) is 18.0. The monoisotopic (exact) mass is 648 g/mol. The second-order valence-electron chi connectivity index (χ2n) is 13.7. The van der Waals surface area contributed by atoms with Gasteiger partial charge < -0.3 is 9.47 Å². The molecule has 0 N–H and O–H groups in total. The molecule has 3 aliphatic rings. The first-order chi connectivity index (χ1) is 24.7. The molecular weight excluding hydrogens is 605 g/mol. The maximum Gasteiger partial charge on any atom is 0.0619 e. The quantitative estimate of drug-likeness (QED) is 0.114. The number of hydrogen-bond donors (Lipinski definition) is 0. The lowest BCUT2D eigenvalue weighted by molar-refractivity contribution is 0.321. The SMILES string of the molecule is C=C/C=C(\C=C)c1cc(-c2ccccc2)cc(/C(C=C)=C/C=C)c1-n1c2ccccc2c2cc(N3C4C=CCCC4C4CCC=CC43)ccc21. The molecule has 8 rings (SSSR count). The van der Waals surface area contributed by atoms with Crippen molar-refractivity contribution >= 4 is 38.6 Å². The molecule has 2 heterocycles. The van der Waals surface area contributed by atoms with E-state index in [1.165, 1.54) is 47.7 Å². The standard InChI is InChI=1S/C48H44N2/c1-5-18-33(7-3)41-30-36(35-20-10-9-11-21-35)31-42(34(8-4)19-6-2)48(41)50-46-27-17-14-24-40(46)43-32-37(28-29-47(43)50)49-44-25-15-12-22-38(44)39-23-13-16-26-45(39)49/h5-11,14-21,24-32,38-39,44-45H,1-4,12-13,22-23H2/b33-18+,34-19+. The van der Waals surface area contributed by atoms with Gasteiger partial charge in [-0.05, 0) is 96.2 Å². The van der Waals surface area contributed by atoms with Crippen molar-refractivity contribution in [3.8, 4) is 16.8 Å². The van der Waals surface area contributed by atoms with Gasteiger partial charge in [-0.15, -0.1) is 0 Å². The van der Waals surface area contributed by atoms with Crippen molar-refractivity contribution in [3.63, 3.8) is 0 Å². The number of aromatic nitrogens is 1. The van der Waals surface area contributed by atoms with Gasteiger partial charge in [0.2, 0.25) is 0 Å². The number of para-hydroxylation sites is 1. The number of nitrogens with zero attached hydrogens (tertiary/aromatic N) is 2. The third kappa shape index (κ3) is 5.18. The Balaban J connectivity index is 1.43. The van der Waals surface area contributed by atoms with Crippen molar-refractivity contribution in [1.29, 1.82) is 0 Å². The lowest BCUT2D eigenvalue weighted by Gasteiger charge is -2.33. The largest absolute Gasteiger partial charge is 0.358 e. The molecule has 2 heteroatoms. The summed E-state index contributed by atoms with van der Waals surface area (Å²) in [4.78, 5) is 2.73. The zero-order valence-corrected chi connectivity index (χ0v) is 28.7. The van der Waals surface area contributed by atoms with E-state index in [0.717, 1.165) is 44.6 Å². The number of hydrogen-bond acceptors (Lipinski definition) is 1. The van der Waals surface area contributed by atoms with Gasteiger partial charge >= 0.3 is 0 Å². The average molecular weight is 649 g/mol. The van der Waals surface area contributed by atoms with Crippen LogP contribution in [0.15, 0.2) is 172 Å². The van der Waals surface area contributed by atoms with Crippen molar-refractivity contribution in [2.75, 3.05) is 4.90 Å². The summed E-state index contributed by atoms with van der Waals surface area (Å²) < 4.78 is 2.45. The molecule has 4 aromatic carbocycles. The summed E-state index contributed by atoms with van der Waals surface area (Å²) in [6, 6.07) is 32.0. The summed E-state index contributed by atoms with van der Waals surface area (Å²) in [6.07, 6.45) is 26.4. The Labute approximate surface area is 296 Å². The highest BCUT2D eigenvalue weighted by Gasteiger charge is 2.47. The van der Waals surface area contributed by atoms with E-state index in [2.05, 4.69) is 157 Å². The summed E-state index contributed by atoms with van der Waals surface area (Å²) >= 11 is 0. The van der Waals surface area contributed by atoms with E-state index in [1.807, 2.05) is 24.3 Å². The van der Waals surface area contributed by atoms with Crippen molar-refractivity contribution in [2.24, 2.45) is 11.8 Å². The highest BCUT2D eigenvalue weighted by molar-refractivity contribution is 6.11. The van der Waals surface area contributed by atoms with Crippen LogP contribution in [0.1, 0.15) is 36.8 Å². The Bertz CT molecular complexity index is 2190. The van der Waals surface area contributed by atoms with Crippen LogP contribution in [0.5, 0.6) is 0 Å². The second kappa shape index (κ2) is 13.4. The molecule has 2 aliphatic carbocycles. The highest BCUT2D eigenvalue weighted by atomic mass is 15.2. The van der Waals surface area contributed by atoms with Crippen molar-refractivity contribution in [2.45, 2.75) is 37.8 Å². The topological polar surface area (TPSA) is 8.17 Å². The highest BCUT2D eigenvalue weighted by Crippen LogP contribution is 2.49. The van der Waals surface area contributed by atoms with E-state index in [0.29, 0.717) is 23.9 Å². The summed E-state index contributed by atoms with van der Waals surface area (Å²) in [5.41, 5.74) is 11.1. The van der Waals surface area contributed by atoms with Crippen LogP contribution in [0.4, 0.5) is 5.69 Å². The number of allylic oxidation sites excluding steroid dienone is 10. The summed E-state index contributed by atoms with van der Waals surface area (Å²) in [5.74, 6) is 1.42. The maximum atomic E-state index is 4.27. The molecule has 2 nitrogen and oxygen atoms in total. The fraction of sp³-hybridized carbons (Fsp3) is 0.167. The van der Waals surface area contributed by atoms with Crippen LogP contribution < -0.4 is 4.90 Å². The van der Waals surface area contributed by atoms with Crippen LogP contribution in [0.3, 0.4) is 0 Å². The predicted molar refractivity (Wildman–Crippen MR) is 217 cm³/mol. The third-order valence-electron chi connectivity index (χ3n) is 11.1. The smallest absolute Gasteiger partial charge is 0.0619 e. The predicted octanol–water partition coefficient (Wildman–Crippen LogP) is 12.5. The third-order valence-corrected chi connectivity index (χ3v) is 11.1. The van der Waals surface area contributed by atoms with E-state index >= 15 is 0 Å². The van der Waals surface area contributed by atoms with E-state index < -0.39 is 0 Å². The average Bonchev–Trinajstić information content (AvgIpc) is 3.68. The summed E-state index contributed by atoms with van der Waals surface area (Å²) in [6.45, 7) is 16.7. The van der Waals surface area contributed by atoms with Crippen molar-refractivity contribution < 1.29 is 0 Å². The number of rotatable bonds is 9. The first kappa shape index (κ1) is 31.7. The minimum absolute atomic E-state index is 0.439. The molecule has 50 heavy (non-hydrogen) atoms. The van der Waals surface area contributed by atoms with Gasteiger partial charge in [-0.3, -0.25) is 0 Å². The van der Waals surface area contributed by atoms with Gasteiger partial charge in [0.05, 0.1) is 28.8 Å². The van der Waals surface area contributed by atoms with E-state index in [-0.39, 0.29) is 0 Å². The van der Waals surface area contributed by atoms with Crippen LogP contribution in [0.2, 0.25) is 0 Å². The minimum Gasteiger partial charge on any atom is -0.358 e. The van der Waals surface area contributed by atoms with Crippen LogP contribution in [0, 0.1) is 11.8 Å². The Morgan fingerprint density at radius 1 is 0.600 bits per heavy atom. The van der Waals surface area contributed by atoms with E-state index in [4.69, 9.17) is 0 Å². The molecule has 0 saturated carbocycles. The molecule has 1 aromatic heterocycles. The molecule has 4 unspecified atom stereocenters. The van der Waals surface area contributed by atoms with Gasteiger partial charge in [-0.25, -0.2) is 0 Å². The van der Waals surface area contributed by atoms with Gasteiger partial charge in [0.1, 0.15) is 0 Å². The van der Waals surface area contributed by atoms with Crippen LogP contribution >= 0.6 is 0 Å². The lowest BCUT2D eigenvalue weighted by Crippen LogP contribution is -2.37. The Morgan fingerprint density at radius 2 is 1.18 bits per heavy atom. The fourth-order valence-electron chi connectivity index (χ4n) is 9.02. The van der Waals surface area contributed by atoms with Gasteiger partial charge in [-0.2, -0.15) is 0 Å². The number of anilines is 1. The van der Waals surface area contributed by atoms with Crippen molar-refractivity contribution in [1.82, 2.24) is 4.57 Å². The normalized spacial score (nSPS) is 21.6. The molecule has 5 aromatic rings. The van der Waals surface area contributed by atoms with Gasteiger partial charge in [-0.1, -0.05) is 136 Å². The second-order valence-corrected chi connectivity index (χ2v) is 13.7. The Morgan fingerprint density at radius 3 is 1.78 bits per heavy atom. The maximum absolute atomic E-state index is 4.27.